The summed E-state index contributed by atoms with van der Waals surface area (Å²) in [7, 11) is 0. The Morgan fingerprint density at radius 2 is 1.95 bits per heavy atom. The monoisotopic (exact) mass is 294 g/mol. The standard InChI is InChI=1S/C15H22N2O4/c1-2-9-21-10-8-16-15(20)17-13(14(18)19)11-12-6-4-3-5-7-12/h3-7,13H,2,8-11H2,1H3,(H,18,19)(H2,16,17,20). The van der Waals surface area contributed by atoms with E-state index in [0.29, 0.717) is 19.8 Å². The van der Waals surface area contributed by atoms with Crippen LogP contribution in [0.4, 0.5) is 4.79 Å². The molecular formula is C15H22N2O4. The molecule has 1 rings (SSSR count). The maximum absolute atomic E-state index is 11.6. The van der Waals surface area contributed by atoms with E-state index in [0.717, 1.165) is 12.0 Å². The highest BCUT2D eigenvalue weighted by Crippen LogP contribution is 2.03. The molecule has 6 heteroatoms. The molecule has 0 bridgehead atoms. The number of amides is 2. The van der Waals surface area contributed by atoms with Gasteiger partial charge in [0, 0.05) is 19.6 Å². The van der Waals surface area contributed by atoms with Gasteiger partial charge in [-0.2, -0.15) is 0 Å². The molecule has 0 saturated carbocycles. The summed E-state index contributed by atoms with van der Waals surface area (Å²) in [5.74, 6) is -1.06. The molecule has 0 aliphatic rings. The second-order valence-corrected chi connectivity index (χ2v) is 4.59. The smallest absolute Gasteiger partial charge is 0.326 e. The average molecular weight is 294 g/mol. The molecule has 1 atom stereocenters. The molecule has 6 nitrogen and oxygen atoms in total. The second kappa shape index (κ2) is 9.77. The van der Waals surface area contributed by atoms with E-state index in [2.05, 4.69) is 10.6 Å². The molecular weight excluding hydrogens is 272 g/mol. The molecule has 0 aliphatic carbocycles. The SMILES string of the molecule is CCCOCCNC(=O)NC(Cc1ccccc1)C(=O)O. The summed E-state index contributed by atoms with van der Waals surface area (Å²) in [6.45, 7) is 3.41. The molecule has 0 aromatic heterocycles. The van der Waals surface area contributed by atoms with Crippen LogP contribution in [-0.4, -0.2) is 42.9 Å². The number of carboxylic acid groups (broad SMARTS) is 1. The van der Waals surface area contributed by atoms with Crippen molar-refractivity contribution in [1.82, 2.24) is 10.6 Å². The largest absolute Gasteiger partial charge is 0.480 e. The quantitative estimate of drug-likeness (QED) is 0.601. The van der Waals surface area contributed by atoms with Crippen molar-refractivity contribution in [3.05, 3.63) is 35.9 Å². The number of urea groups is 1. The zero-order chi connectivity index (χ0) is 15.5. The number of ether oxygens (including phenoxy) is 1. The van der Waals surface area contributed by atoms with Crippen molar-refractivity contribution >= 4 is 12.0 Å². The Bertz CT molecular complexity index is 437. The van der Waals surface area contributed by atoms with E-state index < -0.39 is 18.0 Å². The molecule has 0 saturated heterocycles. The highest BCUT2D eigenvalue weighted by Gasteiger charge is 2.19. The first-order chi connectivity index (χ1) is 10.1. The van der Waals surface area contributed by atoms with E-state index in [4.69, 9.17) is 9.84 Å². The van der Waals surface area contributed by atoms with E-state index >= 15 is 0 Å². The lowest BCUT2D eigenvalue weighted by atomic mass is 10.1. The number of carboxylic acids is 1. The number of nitrogens with one attached hydrogen (secondary N) is 2. The Balaban J connectivity index is 2.36. The minimum absolute atomic E-state index is 0.246. The number of hydrogen-bond acceptors (Lipinski definition) is 3. The Morgan fingerprint density at radius 3 is 2.57 bits per heavy atom. The van der Waals surface area contributed by atoms with Crippen molar-refractivity contribution in [2.24, 2.45) is 0 Å². The molecule has 3 N–H and O–H groups in total. The van der Waals surface area contributed by atoms with Gasteiger partial charge in [0.15, 0.2) is 0 Å². The third-order valence-electron chi connectivity index (χ3n) is 2.77. The fourth-order valence-electron chi connectivity index (χ4n) is 1.74. The molecule has 0 radical (unpaired) electrons. The van der Waals surface area contributed by atoms with E-state index in [1.54, 1.807) is 0 Å². The molecule has 1 unspecified atom stereocenters. The summed E-state index contributed by atoms with van der Waals surface area (Å²) in [6, 6.07) is 7.72. The van der Waals surface area contributed by atoms with Crippen molar-refractivity contribution in [2.75, 3.05) is 19.8 Å². The fraction of sp³-hybridized carbons (Fsp3) is 0.467. The normalized spacial score (nSPS) is 11.7. The molecule has 0 spiro atoms. The first-order valence-electron chi connectivity index (χ1n) is 7.02. The molecule has 2 amide bonds. The van der Waals surface area contributed by atoms with Crippen LogP contribution < -0.4 is 10.6 Å². The molecule has 0 aliphatic heterocycles. The van der Waals surface area contributed by atoms with Crippen molar-refractivity contribution in [3.8, 4) is 0 Å². The minimum Gasteiger partial charge on any atom is -0.480 e. The van der Waals surface area contributed by atoms with Crippen molar-refractivity contribution in [3.63, 3.8) is 0 Å². The second-order valence-electron chi connectivity index (χ2n) is 4.59. The summed E-state index contributed by atoms with van der Waals surface area (Å²) in [6.07, 6.45) is 1.17. The number of carbonyl (C=O) groups excluding carboxylic acids is 1. The predicted molar refractivity (Wildman–Crippen MR) is 79.2 cm³/mol. The number of benzene rings is 1. The van der Waals surface area contributed by atoms with E-state index in [1.807, 2.05) is 37.3 Å². The van der Waals surface area contributed by atoms with Crippen LogP contribution in [0.5, 0.6) is 0 Å². The van der Waals surface area contributed by atoms with Crippen LogP contribution in [0.1, 0.15) is 18.9 Å². The van der Waals surface area contributed by atoms with Crippen molar-refractivity contribution < 1.29 is 19.4 Å². The van der Waals surface area contributed by atoms with Crippen LogP contribution in [0.3, 0.4) is 0 Å². The minimum atomic E-state index is -1.06. The Kier molecular flexibility index (Phi) is 7.89. The summed E-state index contributed by atoms with van der Waals surface area (Å²) in [4.78, 5) is 22.8. The predicted octanol–water partition coefficient (Wildman–Crippen LogP) is 1.41. The van der Waals surface area contributed by atoms with Gasteiger partial charge in [0.1, 0.15) is 6.04 Å². The lowest BCUT2D eigenvalue weighted by Crippen LogP contribution is -2.47. The fourth-order valence-corrected chi connectivity index (χ4v) is 1.74. The highest BCUT2D eigenvalue weighted by atomic mass is 16.5. The van der Waals surface area contributed by atoms with Gasteiger partial charge in [0.25, 0.3) is 0 Å². The van der Waals surface area contributed by atoms with Crippen molar-refractivity contribution in [2.45, 2.75) is 25.8 Å². The first-order valence-corrected chi connectivity index (χ1v) is 7.02. The van der Waals surface area contributed by atoms with E-state index in [9.17, 15) is 9.59 Å². The van der Waals surface area contributed by atoms with Gasteiger partial charge in [-0.3, -0.25) is 0 Å². The Hall–Kier alpha value is -2.08. The zero-order valence-corrected chi connectivity index (χ0v) is 12.2. The van der Waals surface area contributed by atoms with Crippen LogP contribution in [0.15, 0.2) is 30.3 Å². The molecule has 0 heterocycles. The van der Waals surface area contributed by atoms with Gasteiger partial charge < -0.3 is 20.5 Å². The topological polar surface area (TPSA) is 87.7 Å². The first kappa shape index (κ1) is 17.0. The van der Waals surface area contributed by atoms with Gasteiger partial charge in [-0.25, -0.2) is 9.59 Å². The molecule has 116 valence electrons. The van der Waals surface area contributed by atoms with Gasteiger partial charge in [0.2, 0.25) is 0 Å². The summed E-state index contributed by atoms with van der Waals surface area (Å²) >= 11 is 0. The van der Waals surface area contributed by atoms with Crippen LogP contribution in [-0.2, 0) is 16.0 Å². The lowest BCUT2D eigenvalue weighted by molar-refractivity contribution is -0.139. The molecule has 1 aromatic carbocycles. The number of hydrogen-bond donors (Lipinski definition) is 3. The summed E-state index contributed by atoms with van der Waals surface area (Å²) < 4.78 is 5.22. The van der Waals surface area contributed by atoms with Gasteiger partial charge in [-0.15, -0.1) is 0 Å². The van der Waals surface area contributed by atoms with Gasteiger partial charge in [-0.05, 0) is 12.0 Å². The Morgan fingerprint density at radius 1 is 1.24 bits per heavy atom. The van der Waals surface area contributed by atoms with E-state index in [1.165, 1.54) is 0 Å². The lowest BCUT2D eigenvalue weighted by Gasteiger charge is -2.15. The molecule has 1 aromatic rings. The highest BCUT2D eigenvalue weighted by molar-refractivity contribution is 5.82. The maximum atomic E-state index is 11.6. The Labute approximate surface area is 124 Å². The average Bonchev–Trinajstić information content (AvgIpc) is 2.47. The van der Waals surface area contributed by atoms with Gasteiger partial charge >= 0.3 is 12.0 Å². The maximum Gasteiger partial charge on any atom is 0.326 e. The third kappa shape index (κ3) is 7.31. The van der Waals surface area contributed by atoms with Crippen LogP contribution in [0, 0.1) is 0 Å². The zero-order valence-electron chi connectivity index (χ0n) is 12.2. The third-order valence-corrected chi connectivity index (χ3v) is 2.77. The molecule has 21 heavy (non-hydrogen) atoms. The van der Waals surface area contributed by atoms with Crippen LogP contribution >= 0.6 is 0 Å². The number of aliphatic carboxylic acids is 1. The van der Waals surface area contributed by atoms with Gasteiger partial charge in [0.05, 0.1) is 6.61 Å². The van der Waals surface area contributed by atoms with E-state index in [-0.39, 0.29) is 6.42 Å². The van der Waals surface area contributed by atoms with Crippen LogP contribution in [0.2, 0.25) is 0 Å². The summed E-state index contributed by atoms with van der Waals surface area (Å²) in [5, 5.41) is 14.2. The van der Waals surface area contributed by atoms with Gasteiger partial charge in [-0.1, -0.05) is 37.3 Å². The molecule has 0 fully saturated rings. The summed E-state index contributed by atoms with van der Waals surface area (Å²) in [5.41, 5.74) is 0.858. The number of carbonyl (C=O) groups is 2. The van der Waals surface area contributed by atoms with Crippen molar-refractivity contribution in [1.29, 1.82) is 0 Å². The number of rotatable bonds is 9. The van der Waals surface area contributed by atoms with Crippen LogP contribution in [0.25, 0.3) is 0 Å².